The number of hydrogen-bond acceptors (Lipinski definition) is 2. The normalized spacial score (nSPS) is 15.2. The van der Waals surface area contributed by atoms with Gasteiger partial charge in [-0.25, -0.2) is 0 Å². The highest BCUT2D eigenvalue weighted by molar-refractivity contribution is 5.62. The Morgan fingerprint density at radius 3 is 2.64 bits per heavy atom. The Morgan fingerprint density at radius 1 is 1.36 bits per heavy atom. The van der Waals surface area contributed by atoms with Crippen LogP contribution in [0.2, 0.25) is 0 Å². The summed E-state index contributed by atoms with van der Waals surface area (Å²) in [6, 6.07) is 5.79. The minimum Gasteiger partial charge on any atom is -0.506 e. The van der Waals surface area contributed by atoms with E-state index in [0.29, 0.717) is 5.75 Å². The van der Waals surface area contributed by atoms with Gasteiger partial charge in [-0.1, -0.05) is 6.07 Å². The molecular weight excluding hydrogens is 138 g/mol. The molecule has 1 fully saturated rings. The summed E-state index contributed by atoms with van der Waals surface area (Å²) in [5.41, 5.74) is 2.07. The van der Waals surface area contributed by atoms with Gasteiger partial charge in [-0.2, -0.15) is 0 Å². The maximum atomic E-state index is 9.46. The number of aryl methyl sites for hydroxylation is 1. The zero-order valence-electron chi connectivity index (χ0n) is 6.54. The number of aromatic hydroxyl groups is 1. The van der Waals surface area contributed by atoms with Crippen LogP contribution in [0.3, 0.4) is 0 Å². The molecule has 0 bridgehead atoms. The van der Waals surface area contributed by atoms with Crippen LogP contribution in [0.15, 0.2) is 18.2 Å². The maximum Gasteiger partial charge on any atom is 0.139 e. The van der Waals surface area contributed by atoms with Gasteiger partial charge in [-0.15, -0.1) is 0 Å². The van der Waals surface area contributed by atoms with Crippen molar-refractivity contribution in [3.05, 3.63) is 23.8 Å². The highest BCUT2D eigenvalue weighted by Gasteiger charge is 2.20. The van der Waals surface area contributed by atoms with Crippen molar-refractivity contribution in [1.82, 2.24) is 0 Å². The fraction of sp³-hybridized carbons (Fsp3) is 0.333. The lowest BCUT2D eigenvalue weighted by atomic mass is 10.2. The van der Waals surface area contributed by atoms with E-state index in [0.717, 1.165) is 24.3 Å². The summed E-state index contributed by atoms with van der Waals surface area (Å²) in [5, 5.41) is 9.46. The third-order valence-electron chi connectivity index (χ3n) is 1.92. The van der Waals surface area contributed by atoms with Crippen molar-refractivity contribution >= 4 is 5.69 Å². The van der Waals surface area contributed by atoms with Crippen LogP contribution in [0, 0.1) is 6.92 Å². The summed E-state index contributed by atoms with van der Waals surface area (Å²) >= 11 is 0. The molecule has 11 heavy (non-hydrogen) atoms. The van der Waals surface area contributed by atoms with Crippen LogP contribution in [0.1, 0.15) is 5.56 Å². The predicted octanol–water partition coefficient (Wildman–Crippen LogP) is 1.52. The number of hydrogen-bond donors (Lipinski definition) is 1. The van der Waals surface area contributed by atoms with Crippen molar-refractivity contribution in [2.75, 3.05) is 18.0 Å². The molecule has 58 valence electrons. The molecule has 0 aromatic heterocycles. The van der Waals surface area contributed by atoms with Crippen molar-refractivity contribution in [2.24, 2.45) is 0 Å². The molecule has 0 unspecified atom stereocenters. The standard InChI is InChI=1S/C9H11NO/c1-7-2-3-8(9(11)6-7)10-4-5-10/h2-3,6,11H,4-5H2,1H3. The molecule has 2 rings (SSSR count). The Hall–Kier alpha value is -1.18. The van der Waals surface area contributed by atoms with Gasteiger partial charge in [-0.3, -0.25) is 0 Å². The van der Waals surface area contributed by atoms with Crippen LogP contribution in [0.5, 0.6) is 5.75 Å². The van der Waals surface area contributed by atoms with Crippen LogP contribution in [-0.4, -0.2) is 18.2 Å². The van der Waals surface area contributed by atoms with E-state index in [2.05, 4.69) is 4.90 Å². The number of phenolic OH excluding ortho intramolecular Hbond substituents is 1. The van der Waals surface area contributed by atoms with Crippen molar-refractivity contribution < 1.29 is 5.11 Å². The topological polar surface area (TPSA) is 23.2 Å². The molecule has 1 aliphatic rings. The Labute approximate surface area is 66.1 Å². The largest absolute Gasteiger partial charge is 0.506 e. The number of rotatable bonds is 1. The van der Waals surface area contributed by atoms with E-state index in [1.807, 2.05) is 19.1 Å². The van der Waals surface area contributed by atoms with Gasteiger partial charge in [0.1, 0.15) is 5.75 Å². The SMILES string of the molecule is Cc1ccc(N2CC2)c(O)c1. The third-order valence-corrected chi connectivity index (χ3v) is 1.92. The number of anilines is 1. The first-order valence-corrected chi connectivity index (χ1v) is 3.82. The lowest BCUT2D eigenvalue weighted by Crippen LogP contribution is -1.90. The first-order chi connectivity index (χ1) is 5.27. The highest BCUT2D eigenvalue weighted by atomic mass is 16.3. The summed E-state index contributed by atoms with van der Waals surface area (Å²) < 4.78 is 0. The molecule has 1 aromatic carbocycles. The summed E-state index contributed by atoms with van der Waals surface area (Å²) in [5.74, 6) is 0.405. The van der Waals surface area contributed by atoms with Gasteiger partial charge < -0.3 is 10.0 Å². The highest BCUT2D eigenvalue weighted by Crippen LogP contribution is 2.31. The van der Waals surface area contributed by atoms with Crippen molar-refractivity contribution in [1.29, 1.82) is 0 Å². The van der Waals surface area contributed by atoms with E-state index in [1.54, 1.807) is 6.07 Å². The molecule has 1 saturated heterocycles. The Bertz CT molecular complexity index is 279. The van der Waals surface area contributed by atoms with Crippen LogP contribution >= 0.6 is 0 Å². The van der Waals surface area contributed by atoms with Gasteiger partial charge in [0.25, 0.3) is 0 Å². The first-order valence-electron chi connectivity index (χ1n) is 3.82. The molecule has 0 radical (unpaired) electrons. The number of benzene rings is 1. The zero-order valence-corrected chi connectivity index (χ0v) is 6.54. The average Bonchev–Trinajstić information content (AvgIpc) is 2.70. The second kappa shape index (κ2) is 2.16. The number of nitrogens with zero attached hydrogens (tertiary/aromatic N) is 1. The quantitative estimate of drug-likeness (QED) is 0.612. The second-order valence-corrected chi connectivity index (χ2v) is 2.98. The second-order valence-electron chi connectivity index (χ2n) is 2.98. The van der Waals surface area contributed by atoms with Crippen LogP contribution in [-0.2, 0) is 0 Å². The molecule has 1 N–H and O–H groups in total. The molecular formula is C9H11NO. The van der Waals surface area contributed by atoms with Crippen molar-refractivity contribution in [3.63, 3.8) is 0 Å². The first kappa shape index (κ1) is 6.53. The monoisotopic (exact) mass is 149 g/mol. The average molecular weight is 149 g/mol. The lowest BCUT2D eigenvalue weighted by Gasteiger charge is -2.05. The van der Waals surface area contributed by atoms with Crippen molar-refractivity contribution in [3.8, 4) is 5.75 Å². The Kier molecular flexibility index (Phi) is 1.28. The molecule has 0 aliphatic carbocycles. The van der Waals surface area contributed by atoms with E-state index in [9.17, 15) is 5.11 Å². The van der Waals surface area contributed by atoms with E-state index in [1.165, 1.54) is 0 Å². The molecule has 1 aliphatic heterocycles. The lowest BCUT2D eigenvalue weighted by molar-refractivity contribution is 0.476. The van der Waals surface area contributed by atoms with E-state index >= 15 is 0 Å². The van der Waals surface area contributed by atoms with Crippen molar-refractivity contribution in [2.45, 2.75) is 6.92 Å². The number of phenols is 1. The fourth-order valence-electron chi connectivity index (χ4n) is 1.19. The van der Waals surface area contributed by atoms with Gasteiger partial charge in [0.2, 0.25) is 0 Å². The van der Waals surface area contributed by atoms with E-state index in [4.69, 9.17) is 0 Å². The molecule has 2 heteroatoms. The third kappa shape index (κ3) is 1.16. The van der Waals surface area contributed by atoms with Crippen LogP contribution in [0.25, 0.3) is 0 Å². The molecule has 1 aromatic rings. The summed E-state index contributed by atoms with van der Waals surface area (Å²) in [6.07, 6.45) is 0. The summed E-state index contributed by atoms with van der Waals surface area (Å²) in [4.78, 5) is 2.13. The summed E-state index contributed by atoms with van der Waals surface area (Å²) in [7, 11) is 0. The van der Waals surface area contributed by atoms with Crippen LogP contribution < -0.4 is 4.90 Å². The Morgan fingerprint density at radius 2 is 2.09 bits per heavy atom. The Balaban J connectivity index is 2.39. The minimum absolute atomic E-state index is 0.405. The molecule has 0 saturated carbocycles. The van der Waals surface area contributed by atoms with Gasteiger partial charge in [0.15, 0.2) is 0 Å². The van der Waals surface area contributed by atoms with E-state index < -0.39 is 0 Å². The molecule has 0 amide bonds. The smallest absolute Gasteiger partial charge is 0.139 e. The molecule has 0 atom stereocenters. The van der Waals surface area contributed by atoms with Gasteiger partial charge >= 0.3 is 0 Å². The van der Waals surface area contributed by atoms with Crippen LogP contribution in [0.4, 0.5) is 5.69 Å². The fourth-order valence-corrected chi connectivity index (χ4v) is 1.19. The molecule has 2 nitrogen and oxygen atoms in total. The molecule has 0 spiro atoms. The predicted molar refractivity (Wildman–Crippen MR) is 45.1 cm³/mol. The van der Waals surface area contributed by atoms with Gasteiger partial charge in [0, 0.05) is 13.1 Å². The maximum absolute atomic E-state index is 9.46. The summed E-state index contributed by atoms with van der Waals surface area (Å²) in [6.45, 7) is 4.14. The minimum atomic E-state index is 0.405. The zero-order chi connectivity index (χ0) is 7.84. The molecule has 1 heterocycles. The van der Waals surface area contributed by atoms with E-state index in [-0.39, 0.29) is 0 Å². The van der Waals surface area contributed by atoms with Gasteiger partial charge in [0.05, 0.1) is 5.69 Å². The van der Waals surface area contributed by atoms with Gasteiger partial charge in [-0.05, 0) is 24.6 Å².